The van der Waals surface area contributed by atoms with Gasteiger partial charge in [-0.2, -0.15) is 0 Å². The fraction of sp³-hybridized carbons (Fsp3) is 0.308. The van der Waals surface area contributed by atoms with Gasteiger partial charge in [-0.25, -0.2) is 4.79 Å². The molecule has 0 heterocycles. The van der Waals surface area contributed by atoms with Crippen LogP contribution in [0.5, 0.6) is 0 Å². The molecule has 1 aromatic rings. The van der Waals surface area contributed by atoms with Crippen LogP contribution >= 0.6 is 11.6 Å². The molecule has 7 heteroatoms. The van der Waals surface area contributed by atoms with E-state index >= 15 is 0 Å². The number of carboxylic acid groups (broad SMARTS) is 1. The molecule has 0 aromatic heterocycles. The minimum atomic E-state index is -1.18. The molecule has 1 aromatic carbocycles. The molecule has 1 amide bonds. The molecule has 2 N–H and O–H groups in total. The van der Waals surface area contributed by atoms with Crippen molar-refractivity contribution >= 4 is 29.4 Å². The van der Waals surface area contributed by atoms with Gasteiger partial charge >= 0.3 is 11.9 Å². The Hall–Kier alpha value is -2.08. The van der Waals surface area contributed by atoms with Gasteiger partial charge in [0.25, 0.3) is 5.91 Å². The number of aliphatic carboxylic acids is 1. The lowest BCUT2D eigenvalue weighted by atomic mass is 10.1. The Bertz CT molecular complexity index is 517. The third kappa shape index (κ3) is 5.71. The summed E-state index contributed by atoms with van der Waals surface area (Å²) in [5, 5.41) is 11.8. The summed E-state index contributed by atoms with van der Waals surface area (Å²) in [6, 6.07) is 5.57. The zero-order valence-corrected chi connectivity index (χ0v) is 11.5. The van der Waals surface area contributed by atoms with Gasteiger partial charge in [-0.05, 0) is 17.7 Å². The van der Waals surface area contributed by atoms with Crippen LogP contribution in [0, 0.1) is 0 Å². The van der Waals surface area contributed by atoms with Crippen LogP contribution in [0.15, 0.2) is 24.3 Å². The van der Waals surface area contributed by atoms with Gasteiger partial charge in [0.1, 0.15) is 6.04 Å². The highest BCUT2D eigenvalue weighted by molar-refractivity contribution is 6.30. The van der Waals surface area contributed by atoms with Crippen LogP contribution in [-0.4, -0.2) is 35.6 Å². The molecular formula is C13H14ClNO5. The lowest BCUT2D eigenvalue weighted by Crippen LogP contribution is -2.44. The molecule has 0 saturated heterocycles. The molecule has 0 spiro atoms. The van der Waals surface area contributed by atoms with Crippen LogP contribution in [0.25, 0.3) is 0 Å². The molecule has 1 atom stereocenters. The number of nitrogens with one attached hydrogen (secondary N) is 1. The van der Waals surface area contributed by atoms with E-state index in [4.69, 9.17) is 16.7 Å². The van der Waals surface area contributed by atoms with Crippen LogP contribution in [0.2, 0.25) is 5.02 Å². The van der Waals surface area contributed by atoms with E-state index in [1.54, 1.807) is 24.3 Å². The Labute approximate surface area is 120 Å². The summed E-state index contributed by atoms with van der Waals surface area (Å²) in [4.78, 5) is 33.1. The van der Waals surface area contributed by atoms with Crippen LogP contribution in [0.1, 0.15) is 12.5 Å². The van der Waals surface area contributed by atoms with E-state index in [0.29, 0.717) is 10.6 Å². The van der Waals surface area contributed by atoms with E-state index < -0.39 is 30.5 Å². The molecule has 0 radical (unpaired) electrons. The highest BCUT2D eigenvalue weighted by atomic mass is 35.5. The maximum atomic E-state index is 11.4. The van der Waals surface area contributed by atoms with Crippen LogP contribution < -0.4 is 5.32 Å². The van der Waals surface area contributed by atoms with Gasteiger partial charge in [-0.15, -0.1) is 0 Å². The molecule has 0 bridgehead atoms. The highest BCUT2D eigenvalue weighted by Gasteiger charge is 2.20. The number of halogens is 1. The van der Waals surface area contributed by atoms with Gasteiger partial charge in [-0.1, -0.05) is 23.7 Å². The van der Waals surface area contributed by atoms with Crippen molar-refractivity contribution in [2.75, 3.05) is 6.61 Å². The van der Waals surface area contributed by atoms with Crippen molar-refractivity contribution in [1.29, 1.82) is 0 Å². The number of carbonyl (C=O) groups is 3. The Morgan fingerprint density at radius 2 is 2.10 bits per heavy atom. The summed E-state index contributed by atoms with van der Waals surface area (Å²) < 4.78 is 4.49. The van der Waals surface area contributed by atoms with E-state index in [0.717, 1.165) is 6.92 Å². The molecule has 0 aliphatic heterocycles. The standard InChI is InChI=1S/C13H14ClNO5/c1-8(16)20-7-12(17)15-11(13(18)19)6-9-3-2-4-10(14)5-9/h2-5,11H,6-7H2,1H3,(H,15,17)(H,18,19)/t11-/m1/s1. The minimum absolute atomic E-state index is 0.0850. The van der Waals surface area contributed by atoms with Gasteiger partial charge < -0.3 is 15.2 Å². The van der Waals surface area contributed by atoms with E-state index in [9.17, 15) is 14.4 Å². The predicted octanol–water partition coefficient (Wildman–Crippen LogP) is 1.01. The Morgan fingerprint density at radius 3 is 2.65 bits per heavy atom. The van der Waals surface area contributed by atoms with Crippen molar-refractivity contribution in [2.45, 2.75) is 19.4 Å². The lowest BCUT2D eigenvalue weighted by molar-refractivity contribution is -0.148. The van der Waals surface area contributed by atoms with E-state index in [2.05, 4.69) is 10.1 Å². The fourth-order valence-electron chi connectivity index (χ4n) is 1.50. The largest absolute Gasteiger partial charge is 0.480 e. The lowest BCUT2D eigenvalue weighted by Gasteiger charge is -2.14. The van der Waals surface area contributed by atoms with Crippen LogP contribution in [0.3, 0.4) is 0 Å². The molecule has 0 fully saturated rings. The summed E-state index contributed by atoms with van der Waals surface area (Å²) in [6.45, 7) is 0.655. The number of hydrogen-bond donors (Lipinski definition) is 2. The van der Waals surface area contributed by atoms with Crippen molar-refractivity contribution in [3.8, 4) is 0 Å². The second kappa shape index (κ2) is 7.49. The molecule has 20 heavy (non-hydrogen) atoms. The average molecular weight is 300 g/mol. The predicted molar refractivity (Wildman–Crippen MR) is 71.4 cm³/mol. The number of benzene rings is 1. The molecule has 0 unspecified atom stereocenters. The van der Waals surface area contributed by atoms with Gasteiger partial charge in [0.15, 0.2) is 6.61 Å². The summed E-state index contributed by atoms with van der Waals surface area (Å²) >= 11 is 5.81. The monoisotopic (exact) mass is 299 g/mol. The first-order valence-corrected chi connectivity index (χ1v) is 6.16. The number of carbonyl (C=O) groups excluding carboxylic acids is 2. The summed E-state index contributed by atoms with van der Waals surface area (Å²) in [7, 11) is 0. The summed E-state index contributed by atoms with van der Waals surface area (Å²) in [5.41, 5.74) is 0.678. The first-order valence-electron chi connectivity index (χ1n) is 5.78. The number of rotatable bonds is 6. The van der Waals surface area contributed by atoms with E-state index in [-0.39, 0.29) is 6.42 Å². The Kier molecular flexibility index (Phi) is 5.99. The molecule has 108 valence electrons. The number of carboxylic acids is 1. The van der Waals surface area contributed by atoms with Crippen molar-refractivity contribution in [3.05, 3.63) is 34.9 Å². The molecule has 0 aliphatic carbocycles. The van der Waals surface area contributed by atoms with Gasteiger partial charge in [0.2, 0.25) is 0 Å². The van der Waals surface area contributed by atoms with Crippen LogP contribution in [-0.2, 0) is 25.5 Å². The topological polar surface area (TPSA) is 92.7 Å². The van der Waals surface area contributed by atoms with Gasteiger partial charge in [0, 0.05) is 18.4 Å². The maximum absolute atomic E-state index is 11.4. The van der Waals surface area contributed by atoms with Crippen molar-refractivity contribution in [3.63, 3.8) is 0 Å². The fourth-order valence-corrected chi connectivity index (χ4v) is 1.72. The molecule has 0 aliphatic rings. The minimum Gasteiger partial charge on any atom is -0.480 e. The summed E-state index contributed by atoms with van der Waals surface area (Å²) in [6.07, 6.45) is 0.0850. The molecular weight excluding hydrogens is 286 g/mol. The normalized spacial score (nSPS) is 11.5. The maximum Gasteiger partial charge on any atom is 0.326 e. The molecule has 0 saturated carbocycles. The Balaban J connectivity index is 2.63. The quantitative estimate of drug-likeness (QED) is 0.765. The average Bonchev–Trinajstić information content (AvgIpc) is 2.35. The number of ether oxygens (including phenoxy) is 1. The Morgan fingerprint density at radius 1 is 1.40 bits per heavy atom. The first-order chi connectivity index (χ1) is 9.38. The third-order valence-electron chi connectivity index (χ3n) is 2.37. The smallest absolute Gasteiger partial charge is 0.326 e. The van der Waals surface area contributed by atoms with Gasteiger partial charge in [-0.3, -0.25) is 9.59 Å². The highest BCUT2D eigenvalue weighted by Crippen LogP contribution is 2.12. The second-order valence-corrected chi connectivity index (χ2v) is 4.51. The SMILES string of the molecule is CC(=O)OCC(=O)N[C@H](Cc1cccc(Cl)c1)C(=O)O. The molecule has 1 rings (SSSR count). The van der Waals surface area contributed by atoms with E-state index in [1.807, 2.05) is 0 Å². The third-order valence-corrected chi connectivity index (χ3v) is 2.60. The van der Waals surface area contributed by atoms with Crippen LogP contribution in [0.4, 0.5) is 0 Å². The zero-order chi connectivity index (χ0) is 15.1. The second-order valence-electron chi connectivity index (χ2n) is 4.07. The van der Waals surface area contributed by atoms with Gasteiger partial charge in [0.05, 0.1) is 0 Å². The van der Waals surface area contributed by atoms with Crippen molar-refractivity contribution in [1.82, 2.24) is 5.32 Å². The first kappa shape index (κ1) is 16.0. The number of hydrogen-bond acceptors (Lipinski definition) is 4. The number of esters is 1. The van der Waals surface area contributed by atoms with Crippen molar-refractivity contribution < 1.29 is 24.2 Å². The number of amides is 1. The van der Waals surface area contributed by atoms with E-state index in [1.165, 1.54) is 0 Å². The zero-order valence-electron chi connectivity index (χ0n) is 10.8. The van der Waals surface area contributed by atoms with Crippen molar-refractivity contribution in [2.24, 2.45) is 0 Å². The molecule has 6 nitrogen and oxygen atoms in total. The summed E-state index contributed by atoms with van der Waals surface area (Å²) in [5.74, 6) is -2.46.